The summed E-state index contributed by atoms with van der Waals surface area (Å²) in [6.45, 7) is 0. The van der Waals surface area contributed by atoms with Crippen LogP contribution in [0.3, 0.4) is 0 Å². The maximum absolute atomic E-state index is 13.7. The smallest absolute Gasteiger partial charge is 0.345 e. The molecular formula is C13H10FNO4S. The highest BCUT2D eigenvalue weighted by Gasteiger charge is 2.14. The normalized spacial score (nSPS) is 10.1. The molecule has 0 saturated carbocycles. The highest BCUT2D eigenvalue weighted by Crippen LogP contribution is 2.23. The van der Waals surface area contributed by atoms with Gasteiger partial charge in [-0.05, 0) is 24.3 Å². The molecule has 0 aliphatic heterocycles. The fourth-order valence-corrected chi connectivity index (χ4v) is 2.25. The number of aromatic carboxylic acids is 1. The molecule has 0 fully saturated rings. The number of carbonyl (C=O) groups is 2. The number of nitrogens with one attached hydrogen (secondary N) is 1. The van der Waals surface area contributed by atoms with Crippen molar-refractivity contribution in [3.05, 3.63) is 46.6 Å². The number of carbonyl (C=O) groups excluding carboxylic acids is 1. The lowest BCUT2D eigenvalue weighted by molar-refractivity contribution is 0.0702. The molecule has 20 heavy (non-hydrogen) atoms. The highest BCUT2D eigenvalue weighted by molar-refractivity contribution is 7.18. The van der Waals surface area contributed by atoms with E-state index in [0.29, 0.717) is 10.8 Å². The van der Waals surface area contributed by atoms with Crippen LogP contribution in [0.2, 0.25) is 0 Å². The molecule has 2 aromatic rings. The van der Waals surface area contributed by atoms with E-state index in [0.717, 1.165) is 17.4 Å². The fraction of sp³-hybridized carbons (Fsp3) is 0.0769. The monoisotopic (exact) mass is 295 g/mol. The van der Waals surface area contributed by atoms with E-state index in [1.807, 2.05) is 0 Å². The summed E-state index contributed by atoms with van der Waals surface area (Å²) < 4.78 is 18.5. The highest BCUT2D eigenvalue weighted by atomic mass is 32.1. The summed E-state index contributed by atoms with van der Waals surface area (Å²) in [6.07, 6.45) is 0. The van der Waals surface area contributed by atoms with Crippen LogP contribution < -0.4 is 10.1 Å². The van der Waals surface area contributed by atoms with E-state index in [4.69, 9.17) is 9.84 Å². The van der Waals surface area contributed by atoms with Gasteiger partial charge in [0.1, 0.15) is 16.4 Å². The van der Waals surface area contributed by atoms with Crippen LogP contribution in [0.5, 0.6) is 5.75 Å². The summed E-state index contributed by atoms with van der Waals surface area (Å²) in [5.41, 5.74) is -0.143. The standard InChI is InChI=1S/C13H10FNO4S/c1-19-7-2-3-8(9(14)6-7)12(16)15-11-5-4-10(20-11)13(17)18/h2-6H,1H3,(H,15,16)(H,17,18). The third kappa shape index (κ3) is 2.94. The van der Waals surface area contributed by atoms with Crippen LogP contribution in [0.4, 0.5) is 9.39 Å². The first kappa shape index (κ1) is 14.0. The fourth-order valence-electron chi connectivity index (χ4n) is 1.51. The van der Waals surface area contributed by atoms with Gasteiger partial charge >= 0.3 is 5.97 Å². The quantitative estimate of drug-likeness (QED) is 0.909. The van der Waals surface area contributed by atoms with Crippen LogP contribution >= 0.6 is 11.3 Å². The molecule has 1 aromatic carbocycles. The van der Waals surface area contributed by atoms with Gasteiger partial charge in [0.15, 0.2) is 0 Å². The van der Waals surface area contributed by atoms with Gasteiger partial charge in [0.2, 0.25) is 0 Å². The zero-order chi connectivity index (χ0) is 14.7. The van der Waals surface area contributed by atoms with Crippen LogP contribution in [0.25, 0.3) is 0 Å². The SMILES string of the molecule is COc1ccc(C(=O)Nc2ccc(C(=O)O)s2)c(F)c1. The van der Waals surface area contributed by atoms with Gasteiger partial charge in [-0.2, -0.15) is 0 Å². The molecule has 5 nitrogen and oxygen atoms in total. The molecule has 0 unspecified atom stereocenters. The second kappa shape index (κ2) is 5.70. The lowest BCUT2D eigenvalue weighted by atomic mass is 10.2. The number of amides is 1. The molecule has 104 valence electrons. The number of halogens is 1. The van der Waals surface area contributed by atoms with Crippen molar-refractivity contribution in [2.24, 2.45) is 0 Å². The van der Waals surface area contributed by atoms with Crippen molar-refractivity contribution in [1.82, 2.24) is 0 Å². The Hall–Kier alpha value is -2.41. The van der Waals surface area contributed by atoms with Crippen LogP contribution in [0.15, 0.2) is 30.3 Å². The second-order valence-corrected chi connectivity index (χ2v) is 4.85. The Bertz CT molecular complexity index is 668. The number of carboxylic acids is 1. The van der Waals surface area contributed by atoms with Gasteiger partial charge in [0, 0.05) is 6.07 Å². The van der Waals surface area contributed by atoms with Crippen LogP contribution in [-0.4, -0.2) is 24.1 Å². The molecule has 0 spiro atoms. The summed E-state index contributed by atoms with van der Waals surface area (Å²) in [4.78, 5) is 22.7. The van der Waals surface area contributed by atoms with E-state index in [1.165, 1.54) is 31.4 Å². The lowest BCUT2D eigenvalue weighted by Gasteiger charge is -2.05. The zero-order valence-corrected chi connectivity index (χ0v) is 11.2. The Morgan fingerprint density at radius 2 is 2.05 bits per heavy atom. The molecule has 0 radical (unpaired) electrons. The van der Waals surface area contributed by atoms with Gasteiger partial charge in [-0.3, -0.25) is 4.79 Å². The number of thiophene rings is 1. The molecule has 7 heteroatoms. The first-order chi connectivity index (χ1) is 9.51. The molecular weight excluding hydrogens is 285 g/mol. The first-order valence-corrected chi connectivity index (χ1v) is 6.31. The minimum Gasteiger partial charge on any atom is -0.497 e. The Morgan fingerprint density at radius 1 is 1.30 bits per heavy atom. The molecule has 2 N–H and O–H groups in total. The number of hydrogen-bond acceptors (Lipinski definition) is 4. The van der Waals surface area contributed by atoms with Crippen molar-refractivity contribution < 1.29 is 23.8 Å². The van der Waals surface area contributed by atoms with E-state index in [9.17, 15) is 14.0 Å². The van der Waals surface area contributed by atoms with Gasteiger partial charge < -0.3 is 15.2 Å². The van der Waals surface area contributed by atoms with E-state index in [1.54, 1.807) is 0 Å². The van der Waals surface area contributed by atoms with Gasteiger partial charge in [0.05, 0.1) is 17.7 Å². The van der Waals surface area contributed by atoms with E-state index in [2.05, 4.69) is 5.32 Å². The average Bonchev–Trinajstić information content (AvgIpc) is 2.87. The Morgan fingerprint density at radius 3 is 2.60 bits per heavy atom. The number of benzene rings is 1. The first-order valence-electron chi connectivity index (χ1n) is 5.49. The van der Waals surface area contributed by atoms with Crippen LogP contribution in [0, 0.1) is 5.82 Å². The predicted molar refractivity (Wildman–Crippen MR) is 72.2 cm³/mol. The second-order valence-electron chi connectivity index (χ2n) is 3.77. The molecule has 0 saturated heterocycles. The summed E-state index contributed by atoms with van der Waals surface area (Å²) in [6, 6.07) is 6.69. The van der Waals surface area contributed by atoms with Gasteiger partial charge in [-0.1, -0.05) is 0 Å². The molecule has 2 rings (SSSR count). The molecule has 0 atom stereocenters. The van der Waals surface area contributed by atoms with Crippen molar-refractivity contribution in [3.8, 4) is 5.75 Å². The van der Waals surface area contributed by atoms with E-state index >= 15 is 0 Å². The Kier molecular flexibility index (Phi) is 3.99. The number of rotatable bonds is 4. The predicted octanol–water partition coefficient (Wildman–Crippen LogP) is 2.85. The third-order valence-electron chi connectivity index (χ3n) is 2.47. The Balaban J connectivity index is 2.17. The van der Waals surface area contributed by atoms with Crippen molar-refractivity contribution in [2.45, 2.75) is 0 Å². The number of methoxy groups -OCH3 is 1. The number of hydrogen-bond donors (Lipinski definition) is 2. The third-order valence-corrected chi connectivity index (χ3v) is 3.46. The maximum Gasteiger partial charge on any atom is 0.345 e. The van der Waals surface area contributed by atoms with Gasteiger partial charge in [-0.25, -0.2) is 9.18 Å². The topological polar surface area (TPSA) is 75.6 Å². The minimum atomic E-state index is -1.08. The van der Waals surface area contributed by atoms with Gasteiger partial charge in [-0.15, -0.1) is 11.3 Å². The average molecular weight is 295 g/mol. The van der Waals surface area contributed by atoms with Crippen molar-refractivity contribution in [3.63, 3.8) is 0 Å². The maximum atomic E-state index is 13.7. The summed E-state index contributed by atoms with van der Waals surface area (Å²) in [7, 11) is 1.40. The molecule has 0 bridgehead atoms. The molecule has 1 aromatic heterocycles. The van der Waals surface area contributed by atoms with Crippen molar-refractivity contribution in [2.75, 3.05) is 12.4 Å². The largest absolute Gasteiger partial charge is 0.497 e. The lowest BCUT2D eigenvalue weighted by Crippen LogP contribution is -2.12. The summed E-state index contributed by atoms with van der Waals surface area (Å²) >= 11 is 0.899. The summed E-state index contributed by atoms with van der Waals surface area (Å²) in [5, 5.41) is 11.6. The van der Waals surface area contributed by atoms with E-state index in [-0.39, 0.29) is 10.4 Å². The number of ether oxygens (including phenoxy) is 1. The number of carboxylic acid groups (broad SMARTS) is 1. The number of anilines is 1. The van der Waals surface area contributed by atoms with E-state index < -0.39 is 17.7 Å². The molecule has 1 heterocycles. The van der Waals surface area contributed by atoms with Crippen LogP contribution in [0.1, 0.15) is 20.0 Å². The molecule has 0 aliphatic rings. The molecule has 0 aliphatic carbocycles. The van der Waals surface area contributed by atoms with Crippen LogP contribution in [-0.2, 0) is 0 Å². The van der Waals surface area contributed by atoms with Crippen molar-refractivity contribution in [1.29, 1.82) is 0 Å². The zero-order valence-electron chi connectivity index (χ0n) is 10.3. The Labute approximate surface area is 117 Å². The summed E-state index contributed by atoms with van der Waals surface area (Å²) in [5.74, 6) is -2.13. The minimum absolute atomic E-state index is 0.0931. The van der Waals surface area contributed by atoms with Crippen molar-refractivity contribution >= 4 is 28.2 Å². The van der Waals surface area contributed by atoms with Gasteiger partial charge in [0.25, 0.3) is 5.91 Å². The molecule has 1 amide bonds.